The number of hydrogen-bond acceptors (Lipinski definition) is 4. The van der Waals surface area contributed by atoms with Gasteiger partial charge in [-0.05, 0) is 42.7 Å². The van der Waals surface area contributed by atoms with Crippen LogP contribution in [-0.4, -0.2) is 18.3 Å². The molecule has 1 aromatic carbocycles. The van der Waals surface area contributed by atoms with E-state index in [1.165, 1.54) is 6.07 Å². The van der Waals surface area contributed by atoms with Crippen LogP contribution in [-0.2, 0) is 0 Å². The number of rotatable bonds is 2. The van der Waals surface area contributed by atoms with Crippen LogP contribution < -0.4 is 14.4 Å². The Morgan fingerprint density at radius 3 is 2.95 bits per heavy atom. The lowest BCUT2D eigenvalue weighted by Crippen LogP contribution is -2.23. The van der Waals surface area contributed by atoms with E-state index in [4.69, 9.17) is 9.47 Å². The number of benzene rings is 1. The van der Waals surface area contributed by atoms with Gasteiger partial charge >= 0.3 is 0 Å². The number of ether oxygens (including phenoxy) is 2. The fourth-order valence-corrected chi connectivity index (χ4v) is 3.07. The molecule has 0 amide bonds. The first-order chi connectivity index (χ1) is 10.3. The van der Waals surface area contributed by atoms with Gasteiger partial charge in [0.25, 0.3) is 0 Å². The maximum Gasteiger partial charge on any atom is 0.231 e. The van der Waals surface area contributed by atoms with Gasteiger partial charge in [-0.15, -0.1) is 0 Å². The molecule has 0 saturated carbocycles. The molecular weight excluding hydrogens is 271 g/mol. The monoisotopic (exact) mass is 286 g/mol. The zero-order chi connectivity index (χ0) is 14.2. The predicted molar refractivity (Wildman–Crippen MR) is 76.1 cm³/mol. The van der Waals surface area contributed by atoms with Crippen molar-refractivity contribution in [1.29, 1.82) is 0 Å². The van der Waals surface area contributed by atoms with Crippen LogP contribution in [0.25, 0.3) is 0 Å². The van der Waals surface area contributed by atoms with Crippen LogP contribution in [0.2, 0.25) is 0 Å². The van der Waals surface area contributed by atoms with Gasteiger partial charge in [0.15, 0.2) is 11.5 Å². The average molecular weight is 286 g/mol. The molecule has 5 heteroatoms. The molecular formula is C16H15FN2O2. The molecule has 1 aromatic heterocycles. The number of hydrogen-bond donors (Lipinski definition) is 0. The first-order valence-electron chi connectivity index (χ1n) is 7.10. The second kappa shape index (κ2) is 4.91. The fraction of sp³-hybridized carbons (Fsp3) is 0.312. The molecule has 0 aliphatic carbocycles. The van der Waals surface area contributed by atoms with Gasteiger partial charge in [-0.1, -0.05) is 12.1 Å². The van der Waals surface area contributed by atoms with Crippen LogP contribution in [0.4, 0.5) is 10.2 Å². The Bertz CT molecular complexity index is 677. The maximum atomic E-state index is 13.4. The lowest BCUT2D eigenvalue weighted by Gasteiger charge is -2.26. The van der Waals surface area contributed by atoms with E-state index in [1.807, 2.05) is 18.2 Å². The quantitative estimate of drug-likeness (QED) is 0.793. The smallest absolute Gasteiger partial charge is 0.231 e. The molecule has 108 valence electrons. The summed E-state index contributed by atoms with van der Waals surface area (Å²) in [4.78, 5) is 6.16. The molecule has 0 bridgehead atoms. The Morgan fingerprint density at radius 1 is 1.14 bits per heavy atom. The van der Waals surface area contributed by atoms with E-state index in [-0.39, 0.29) is 12.8 Å². The Balaban J connectivity index is 1.67. The molecule has 3 heterocycles. The SMILES string of the molecule is Fc1cccc(N2CCCC2c2ccc3c(c2)OCO3)n1. The third-order valence-electron chi connectivity index (χ3n) is 4.03. The number of fused-ring (bicyclic) bond motifs is 1. The lowest BCUT2D eigenvalue weighted by atomic mass is 10.0. The first-order valence-corrected chi connectivity index (χ1v) is 7.10. The zero-order valence-corrected chi connectivity index (χ0v) is 11.5. The highest BCUT2D eigenvalue weighted by molar-refractivity contribution is 5.49. The molecule has 0 radical (unpaired) electrons. The molecule has 1 saturated heterocycles. The Labute approximate surface area is 122 Å². The molecule has 21 heavy (non-hydrogen) atoms. The van der Waals surface area contributed by atoms with Crippen molar-refractivity contribution in [3.8, 4) is 11.5 Å². The van der Waals surface area contributed by atoms with Crippen molar-refractivity contribution in [2.75, 3.05) is 18.2 Å². The zero-order valence-electron chi connectivity index (χ0n) is 11.5. The molecule has 1 atom stereocenters. The summed E-state index contributed by atoms with van der Waals surface area (Å²) >= 11 is 0. The van der Waals surface area contributed by atoms with Gasteiger partial charge in [-0.25, -0.2) is 4.98 Å². The minimum Gasteiger partial charge on any atom is -0.454 e. The molecule has 4 rings (SSSR count). The summed E-state index contributed by atoms with van der Waals surface area (Å²) in [6.45, 7) is 1.16. The standard InChI is InChI=1S/C16H15FN2O2/c17-15-4-1-5-16(18-15)19-8-2-3-12(19)11-6-7-13-14(9-11)21-10-20-13/h1,4-7,9,12H,2-3,8,10H2. The van der Waals surface area contributed by atoms with Crippen molar-refractivity contribution >= 4 is 5.82 Å². The van der Waals surface area contributed by atoms with E-state index in [2.05, 4.69) is 16.0 Å². The molecule has 1 unspecified atom stereocenters. The Morgan fingerprint density at radius 2 is 2.05 bits per heavy atom. The number of aromatic nitrogens is 1. The second-order valence-corrected chi connectivity index (χ2v) is 5.28. The summed E-state index contributed by atoms with van der Waals surface area (Å²) in [6.07, 6.45) is 2.09. The van der Waals surface area contributed by atoms with Gasteiger partial charge in [0, 0.05) is 6.54 Å². The average Bonchev–Trinajstić information content (AvgIpc) is 3.15. The number of anilines is 1. The number of pyridine rings is 1. The van der Waals surface area contributed by atoms with E-state index in [1.54, 1.807) is 6.07 Å². The summed E-state index contributed by atoms with van der Waals surface area (Å²) in [7, 11) is 0. The minimum absolute atomic E-state index is 0.203. The van der Waals surface area contributed by atoms with E-state index in [0.717, 1.165) is 36.4 Å². The normalized spacial score (nSPS) is 20.0. The van der Waals surface area contributed by atoms with E-state index < -0.39 is 5.95 Å². The third-order valence-corrected chi connectivity index (χ3v) is 4.03. The van der Waals surface area contributed by atoms with Gasteiger partial charge in [-0.3, -0.25) is 0 Å². The molecule has 0 spiro atoms. The minimum atomic E-state index is -0.441. The highest BCUT2D eigenvalue weighted by atomic mass is 19.1. The van der Waals surface area contributed by atoms with Crippen LogP contribution in [0, 0.1) is 5.95 Å². The molecule has 2 aliphatic heterocycles. The summed E-state index contributed by atoms with van der Waals surface area (Å²) in [6, 6.07) is 11.1. The lowest BCUT2D eigenvalue weighted by molar-refractivity contribution is 0.174. The maximum absolute atomic E-state index is 13.4. The van der Waals surface area contributed by atoms with Crippen LogP contribution >= 0.6 is 0 Å². The number of halogens is 1. The molecule has 2 aromatic rings. The molecule has 2 aliphatic rings. The van der Waals surface area contributed by atoms with Gasteiger partial charge in [0.2, 0.25) is 12.7 Å². The Hall–Kier alpha value is -2.30. The molecule has 0 N–H and O–H groups in total. The van der Waals surface area contributed by atoms with Crippen LogP contribution in [0.15, 0.2) is 36.4 Å². The van der Waals surface area contributed by atoms with Gasteiger partial charge in [-0.2, -0.15) is 4.39 Å². The topological polar surface area (TPSA) is 34.6 Å². The van der Waals surface area contributed by atoms with Crippen molar-refractivity contribution in [1.82, 2.24) is 4.98 Å². The fourth-order valence-electron chi connectivity index (χ4n) is 3.07. The van der Waals surface area contributed by atoms with Crippen LogP contribution in [0.1, 0.15) is 24.4 Å². The van der Waals surface area contributed by atoms with Crippen molar-refractivity contribution < 1.29 is 13.9 Å². The van der Waals surface area contributed by atoms with Crippen molar-refractivity contribution in [3.05, 3.63) is 47.9 Å². The Kier molecular flexibility index (Phi) is 2.91. The van der Waals surface area contributed by atoms with Crippen LogP contribution in [0.5, 0.6) is 11.5 Å². The van der Waals surface area contributed by atoms with E-state index in [0.29, 0.717) is 5.82 Å². The predicted octanol–water partition coefficient (Wildman–Crippen LogP) is 3.29. The van der Waals surface area contributed by atoms with Crippen molar-refractivity contribution in [2.24, 2.45) is 0 Å². The van der Waals surface area contributed by atoms with Crippen molar-refractivity contribution in [2.45, 2.75) is 18.9 Å². The summed E-state index contributed by atoms with van der Waals surface area (Å²) < 4.78 is 24.1. The summed E-state index contributed by atoms with van der Waals surface area (Å²) in [5.41, 5.74) is 1.16. The van der Waals surface area contributed by atoms with Crippen molar-refractivity contribution in [3.63, 3.8) is 0 Å². The van der Waals surface area contributed by atoms with Gasteiger partial charge in [0.05, 0.1) is 6.04 Å². The number of nitrogens with zero attached hydrogens (tertiary/aromatic N) is 2. The van der Waals surface area contributed by atoms with Gasteiger partial charge < -0.3 is 14.4 Å². The van der Waals surface area contributed by atoms with E-state index >= 15 is 0 Å². The van der Waals surface area contributed by atoms with Crippen LogP contribution in [0.3, 0.4) is 0 Å². The highest BCUT2D eigenvalue weighted by Crippen LogP contribution is 2.40. The highest BCUT2D eigenvalue weighted by Gasteiger charge is 2.28. The third kappa shape index (κ3) is 2.18. The molecule has 4 nitrogen and oxygen atoms in total. The first kappa shape index (κ1) is 12.4. The molecule has 1 fully saturated rings. The summed E-state index contributed by atoms with van der Waals surface area (Å²) in [5.74, 6) is 1.82. The summed E-state index contributed by atoms with van der Waals surface area (Å²) in [5, 5.41) is 0. The van der Waals surface area contributed by atoms with Gasteiger partial charge in [0.1, 0.15) is 5.82 Å². The second-order valence-electron chi connectivity index (χ2n) is 5.28. The largest absolute Gasteiger partial charge is 0.454 e. The van der Waals surface area contributed by atoms with E-state index in [9.17, 15) is 4.39 Å².